The van der Waals surface area contributed by atoms with E-state index in [2.05, 4.69) is 17.3 Å². The van der Waals surface area contributed by atoms with E-state index in [-0.39, 0.29) is 0 Å². The zero-order valence-electron chi connectivity index (χ0n) is 12.9. The van der Waals surface area contributed by atoms with Crippen LogP contribution in [-0.4, -0.2) is 51.8 Å². The average molecular weight is 268 g/mol. The predicted octanol–water partition coefficient (Wildman–Crippen LogP) is 2.51. The van der Waals surface area contributed by atoms with E-state index >= 15 is 0 Å². The van der Waals surface area contributed by atoms with E-state index in [1.165, 1.54) is 71.1 Å². The monoisotopic (exact) mass is 268 g/mol. The van der Waals surface area contributed by atoms with Crippen LogP contribution in [0.4, 0.5) is 0 Å². The number of likely N-dealkylation sites (tertiary alicyclic amines) is 1. The molecule has 3 nitrogen and oxygen atoms in total. The minimum Gasteiger partial charge on any atom is -0.384 e. The van der Waals surface area contributed by atoms with Crippen LogP contribution in [0.5, 0.6) is 0 Å². The fourth-order valence-electron chi connectivity index (χ4n) is 4.21. The van der Waals surface area contributed by atoms with E-state index in [1.807, 2.05) is 7.11 Å². The van der Waals surface area contributed by atoms with Crippen LogP contribution in [0.15, 0.2) is 0 Å². The first kappa shape index (κ1) is 15.3. The number of nitrogens with one attached hydrogen (secondary N) is 1. The third-order valence-electron chi connectivity index (χ3n) is 5.03. The number of hydrogen-bond donors (Lipinski definition) is 1. The van der Waals surface area contributed by atoms with Crippen molar-refractivity contribution < 1.29 is 4.74 Å². The van der Waals surface area contributed by atoms with Gasteiger partial charge in [-0.15, -0.1) is 0 Å². The summed E-state index contributed by atoms with van der Waals surface area (Å²) >= 11 is 0. The summed E-state index contributed by atoms with van der Waals surface area (Å²) < 4.78 is 5.35. The van der Waals surface area contributed by atoms with Crippen LogP contribution in [0.1, 0.15) is 44.9 Å². The lowest BCUT2D eigenvalue weighted by Gasteiger charge is -2.43. The Morgan fingerprint density at radius 3 is 2.68 bits per heavy atom. The first-order chi connectivity index (χ1) is 9.28. The fourth-order valence-corrected chi connectivity index (χ4v) is 4.21. The molecule has 1 heterocycles. The standard InChI is InChI=1S/C16H32N2O/c1-17-13-16(8-4-3-5-9-16)14-18-10-6-7-15(11-18)12-19-2/h15,17H,3-14H2,1-2H3. The predicted molar refractivity (Wildman–Crippen MR) is 80.5 cm³/mol. The van der Waals surface area contributed by atoms with Crippen LogP contribution in [0.2, 0.25) is 0 Å². The lowest BCUT2D eigenvalue weighted by Crippen LogP contribution is -2.48. The Kier molecular flexibility index (Phi) is 6.11. The number of hydrogen-bond acceptors (Lipinski definition) is 3. The maximum absolute atomic E-state index is 5.35. The molecule has 3 heteroatoms. The highest BCUT2D eigenvalue weighted by molar-refractivity contribution is 4.89. The van der Waals surface area contributed by atoms with Gasteiger partial charge < -0.3 is 15.0 Å². The van der Waals surface area contributed by atoms with E-state index in [1.54, 1.807) is 0 Å². The maximum atomic E-state index is 5.35. The van der Waals surface area contributed by atoms with Crippen molar-refractivity contribution in [1.82, 2.24) is 10.2 Å². The first-order valence-electron chi connectivity index (χ1n) is 8.14. The first-order valence-corrected chi connectivity index (χ1v) is 8.14. The Hall–Kier alpha value is -0.120. The third kappa shape index (κ3) is 4.44. The van der Waals surface area contributed by atoms with Gasteiger partial charge >= 0.3 is 0 Å². The molecule has 1 aliphatic heterocycles. The fraction of sp³-hybridized carbons (Fsp3) is 1.00. The Morgan fingerprint density at radius 2 is 2.00 bits per heavy atom. The van der Waals surface area contributed by atoms with E-state index in [4.69, 9.17) is 4.74 Å². The van der Waals surface area contributed by atoms with Crippen molar-refractivity contribution in [3.8, 4) is 0 Å². The van der Waals surface area contributed by atoms with Crippen molar-refractivity contribution in [2.45, 2.75) is 44.9 Å². The Labute approximate surface area is 119 Å². The Bertz CT molecular complexity index is 244. The molecule has 0 spiro atoms. The van der Waals surface area contributed by atoms with Gasteiger partial charge in [0.05, 0.1) is 6.61 Å². The van der Waals surface area contributed by atoms with Gasteiger partial charge in [-0.2, -0.15) is 0 Å². The molecule has 1 saturated heterocycles. The van der Waals surface area contributed by atoms with Gasteiger partial charge in [-0.3, -0.25) is 0 Å². The van der Waals surface area contributed by atoms with E-state index in [9.17, 15) is 0 Å². The van der Waals surface area contributed by atoms with Gasteiger partial charge in [-0.25, -0.2) is 0 Å². The molecule has 0 aromatic rings. The third-order valence-corrected chi connectivity index (χ3v) is 5.03. The van der Waals surface area contributed by atoms with Crippen LogP contribution >= 0.6 is 0 Å². The van der Waals surface area contributed by atoms with Crippen LogP contribution in [0, 0.1) is 11.3 Å². The molecular weight excluding hydrogens is 236 g/mol. The number of piperidine rings is 1. The second-order valence-electron chi connectivity index (χ2n) is 6.79. The molecule has 2 fully saturated rings. The second-order valence-corrected chi connectivity index (χ2v) is 6.79. The molecule has 1 atom stereocenters. The molecule has 2 aliphatic rings. The van der Waals surface area contributed by atoms with Gasteiger partial charge in [0.15, 0.2) is 0 Å². The molecule has 0 aromatic heterocycles. The molecule has 2 rings (SSSR count). The summed E-state index contributed by atoms with van der Waals surface area (Å²) in [4.78, 5) is 2.72. The van der Waals surface area contributed by atoms with Gasteiger partial charge in [0, 0.05) is 26.7 Å². The van der Waals surface area contributed by atoms with Gasteiger partial charge in [0.1, 0.15) is 0 Å². The quantitative estimate of drug-likeness (QED) is 0.801. The molecular formula is C16H32N2O. The molecule has 0 radical (unpaired) electrons. The normalized spacial score (nSPS) is 28.4. The van der Waals surface area contributed by atoms with Crippen molar-refractivity contribution in [3.63, 3.8) is 0 Å². The van der Waals surface area contributed by atoms with E-state index in [0.717, 1.165) is 12.5 Å². The molecule has 0 amide bonds. The van der Waals surface area contributed by atoms with Crippen molar-refractivity contribution in [1.29, 1.82) is 0 Å². The van der Waals surface area contributed by atoms with Crippen molar-refractivity contribution in [3.05, 3.63) is 0 Å². The number of ether oxygens (including phenoxy) is 1. The minimum absolute atomic E-state index is 0.544. The average Bonchev–Trinajstić information content (AvgIpc) is 2.41. The highest BCUT2D eigenvalue weighted by Crippen LogP contribution is 2.37. The number of nitrogens with zero attached hydrogens (tertiary/aromatic N) is 1. The zero-order chi connectivity index (χ0) is 13.6. The molecule has 19 heavy (non-hydrogen) atoms. The summed E-state index contributed by atoms with van der Waals surface area (Å²) in [6.45, 7) is 5.98. The van der Waals surface area contributed by atoms with Crippen molar-refractivity contribution in [2.75, 3.05) is 46.9 Å². The highest BCUT2D eigenvalue weighted by Gasteiger charge is 2.34. The lowest BCUT2D eigenvalue weighted by atomic mass is 9.73. The van der Waals surface area contributed by atoms with Crippen LogP contribution in [-0.2, 0) is 4.74 Å². The molecule has 1 unspecified atom stereocenters. The van der Waals surface area contributed by atoms with Gasteiger partial charge in [-0.05, 0) is 50.6 Å². The summed E-state index contributed by atoms with van der Waals surface area (Å²) in [7, 11) is 3.95. The Morgan fingerprint density at radius 1 is 1.21 bits per heavy atom. The van der Waals surface area contributed by atoms with Gasteiger partial charge in [0.25, 0.3) is 0 Å². The number of methoxy groups -OCH3 is 1. The highest BCUT2D eigenvalue weighted by atomic mass is 16.5. The van der Waals surface area contributed by atoms with Gasteiger partial charge in [0.2, 0.25) is 0 Å². The summed E-state index contributed by atoms with van der Waals surface area (Å²) in [6.07, 6.45) is 9.83. The van der Waals surface area contributed by atoms with E-state index in [0.29, 0.717) is 5.41 Å². The summed E-state index contributed by atoms with van der Waals surface area (Å²) in [5, 5.41) is 3.45. The van der Waals surface area contributed by atoms with Crippen LogP contribution < -0.4 is 5.32 Å². The SMILES string of the molecule is CNCC1(CN2CCCC(COC)C2)CCCCC1. The lowest BCUT2D eigenvalue weighted by molar-refractivity contribution is 0.0483. The summed E-state index contributed by atoms with van der Waals surface area (Å²) in [5.41, 5.74) is 0.544. The van der Waals surface area contributed by atoms with Crippen molar-refractivity contribution in [2.24, 2.45) is 11.3 Å². The molecule has 1 aliphatic carbocycles. The van der Waals surface area contributed by atoms with E-state index < -0.39 is 0 Å². The molecule has 0 bridgehead atoms. The minimum atomic E-state index is 0.544. The second kappa shape index (κ2) is 7.61. The van der Waals surface area contributed by atoms with Crippen LogP contribution in [0.25, 0.3) is 0 Å². The topological polar surface area (TPSA) is 24.5 Å². The molecule has 1 N–H and O–H groups in total. The van der Waals surface area contributed by atoms with Crippen molar-refractivity contribution >= 4 is 0 Å². The van der Waals surface area contributed by atoms with Gasteiger partial charge in [-0.1, -0.05) is 19.3 Å². The summed E-state index contributed by atoms with van der Waals surface area (Å²) in [6, 6.07) is 0. The van der Waals surface area contributed by atoms with Crippen LogP contribution in [0.3, 0.4) is 0 Å². The zero-order valence-corrected chi connectivity index (χ0v) is 12.9. The maximum Gasteiger partial charge on any atom is 0.0502 e. The molecule has 112 valence electrons. The number of rotatable bonds is 6. The summed E-state index contributed by atoms with van der Waals surface area (Å²) in [5.74, 6) is 0.758. The largest absolute Gasteiger partial charge is 0.384 e. The molecule has 0 aromatic carbocycles. The smallest absolute Gasteiger partial charge is 0.0502 e. The Balaban J connectivity index is 1.88. The molecule has 1 saturated carbocycles.